The molecule has 8 nitrogen and oxygen atoms in total. The molecule has 0 aliphatic carbocycles. The summed E-state index contributed by atoms with van der Waals surface area (Å²) in [6.45, 7) is 5.07. The number of rotatable bonds is 5. The summed E-state index contributed by atoms with van der Waals surface area (Å²) in [6, 6.07) is 16.8. The van der Waals surface area contributed by atoms with Crippen LogP contribution in [-0.2, 0) is 11.3 Å². The number of benzene rings is 1. The van der Waals surface area contributed by atoms with Gasteiger partial charge in [-0.05, 0) is 30.7 Å². The van der Waals surface area contributed by atoms with Gasteiger partial charge in [-0.3, -0.25) is 10.1 Å². The van der Waals surface area contributed by atoms with Crippen molar-refractivity contribution in [2.75, 3.05) is 24.7 Å². The monoisotopic (exact) mass is 451 g/mol. The first-order chi connectivity index (χ1) is 16.8. The van der Waals surface area contributed by atoms with E-state index < -0.39 is 0 Å². The minimum Gasteiger partial charge on any atom is -0.377 e. The molecule has 0 unspecified atom stereocenters. The third-order valence-corrected chi connectivity index (χ3v) is 6.32. The van der Waals surface area contributed by atoms with Crippen LogP contribution in [0.3, 0.4) is 0 Å². The van der Waals surface area contributed by atoms with Crippen LogP contribution in [0, 0.1) is 0 Å². The van der Waals surface area contributed by atoms with E-state index in [1.807, 2.05) is 36.9 Å². The SMILES string of the molecule is C[C@@H]1COCCN1c1cc(-c2cncn2Cc2ccccc2)c2ccnc(-c3ccn[nH]3)c2n1. The van der Waals surface area contributed by atoms with E-state index in [1.165, 1.54) is 5.56 Å². The minimum atomic E-state index is 0.230. The zero-order valence-corrected chi connectivity index (χ0v) is 18.9. The van der Waals surface area contributed by atoms with Crippen molar-refractivity contribution in [3.05, 3.63) is 79.0 Å². The second kappa shape index (κ2) is 8.72. The summed E-state index contributed by atoms with van der Waals surface area (Å²) in [5.74, 6) is 0.916. The molecule has 0 radical (unpaired) electrons. The lowest BCUT2D eigenvalue weighted by atomic mass is 10.0. The van der Waals surface area contributed by atoms with E-state index in [9.17, 15) is 0 Å². The van der Waals surface area contributed by atoms with Crippen LogP contribution in [0.4, 0.5) is 5.82 Å². The summed E-state index contributed by atoms with van der Waals surface area (Å²) in [4.78, 5) is 16.6. The molecule has 8 heteroatoms. The lowest BCUT2D eigenvalue weighted by Crippen LogP contribution is -2.44. The first kappa shape index (κ1) is 20.6. The van der Waals surface area contributed by atoms with E-state index in [4.69, 9.17) is 9.72 Å². The first-order valence-corrected chi connectivity index (χ1v) is 11.5. The zero-order chi connectivity index (χ0) is 22.9. The summed E-state index contributed by atoms with van der Waals surface area (Å²) in [7, 11) is 0. The first-order valence-electron chi connectivity index (χ1n) is 11.5. The van der Waals surface area contributed by atoms with Crippen molar-refractivity contribution in [3.63, 3.8) is 0 Å². The molecular formula is C26H25N7O. The Hall–Kier alpha value is -4.04. The van der Waals surface area contributed by atoms with Gasteiger partial charge in [0.1, 0.15) is 17.0 Å². The Morgan fingerprint density at radius 3 is 2.85 bits per heavy atom. The molecule has 1 aliphatic rings. The smallest absolute Gasteiger partial charge is 0.130 e. The van der Waals surface area contributed by atoms with E-state index >= 15 is 0 Å². The second-order valence-electron chi connectivity index (χ2n) is 8.56. The van der Waals surface area contributed by atoms with Gasteiger partial charge in [0, 0.05) is 36.4 Å². The zero-order valence-electron chi connectivity index (χ0n) is 18.9. The van der Waals surface area contributed by atoms with E-state index in [2.05, 4.69) is 66.9 Å². The number of fused-ring (bicyclic) bond motifs is 1. The maximum absolute atomic E-state index is 5.68. The van der Waals surface area contributed by atoms with Crippen LogP contribution >= 0.6 is 0 Å². The molecule has 1 N–H and O–H groups in total. The number of anilines is 1. The predicted octanol–water partition coefficient (Wildman–Crippen LogP) is 4.16. The lowest BCUT2D eigenvalue weighted by molar-refractivity contribution is 0.0986. The van der Waals surface area contributed by atoms with Crippen LogP contribution in [0.1, 0.15) is 12.5 Å². The summed E-state index contributed by atoms with van der Waals surface area (Å²) in [5, 5.41) is 8.20. The summed E-state index contributed by atoms with van der Waals surface area (Å²) in [5.41, 5.74) is 5.81. The summed E-state index contributed by atoms with van der Waals surface area (Å²) >= 11 is 0. The highest BCUT2D eigenvalue weighted by Gasteiger charge is 2.24. The van der Waals surface area contributed by atoms with E-state index in [0.29, 0.717) is 13.2 Å². The van der Waals surface area contributed by atoms with E-state index in [-0.39, 0.29) is 6.04 Å². The third kappa shape index (κ3) is 3.72. The predicted molar refractivity (Wildman–Crippen MR) is 132 cm³/mol. The molecule has 1 aromatic carbocycles. The average molecular weight is 452 g/mol. The number of hydrogen-bond donors (Lipinski definition) is 1. The molecule has 0 saturated carbocycles. The minimum absolute atomic E-state index is 0.230. The van der Waals surface area contributed by atoms with Gasteiger partial charge in [0.2, 0.25) is 0 Å². The molecule has 0 amide bonds. The molecule has 34 heavy (non-hydrogen) atoms. The van der Waals surface area contributed by atoms with Crippen molar-refractivity contribution >= 4 is 16.7 Å². The lowest BCUT2D eigenvalue weighted by Gasteiger charge is -2.34. The van der Waals surface area contributed by atoms with E-state index in [0.717, 1.165) is 52.5 Å². The van der Waals surface area contributed by atoms with Crippen molar-refractivity contribution in [3.8, 4) is 22.6 Å². The third-order valence-electron chi connectivity index (χ3n) is 6.32. The molecule has 0 bridgehead atoms. The fourth-order valence-electron chi connectivity index (χ4n) is 4.60. The van der Waals surface area contributed by atoms with Crippen LogP contribution in [0.25, 0.3) is 33.5 Å². The van der Waals surface area contributed by atoms with Gasteiger partial charge >= 0.3 is 0 Å². The molecule has 5 heterocycles. The molecule has 170 valence electrons. The fourth-order valence-corrected chi connectivity index (χ4v) is 4.60. The number of pyridine rings is 2. The Labute approximate surface area is 197 Å². The number of nitrogens with zero attached hydrogens (tertiary/aromatic N) is 6. The summed E-state index contributed by atoms with van der Waals surface area (Å²) in [6.07, 6.45) is 7.39. The molecule has 1 saturated heterocycles. The van der Waals surface area contributed by atoms with Crippen molar-refractivity contribution < 1.29 is 4.74 Å². The highest BCUT2D eigenvalue weighted by Crippen LogP contribution is 2.35. The van der Waals surface area contributed by atoms with Gasteiger partial charge in [0.05, 0.1) is 43.2 Å². The molecule has 1 atom stereocenters. The fraction of sp³-hybridized carbons (Fsp3) is 0.231. The van der Waals surface area contributed by atoms with Gasteiger partial charge in [-0.1, -0.05) is 30.3 Å². The number of morpholine rings is 1. The molecule has 0 spiro atoms. The van der Waals surface area contributed by atoms with Gasteiger partial charge in [-0.15, -0.1) is 0 Å². The normalized spacial score (nSPS) is 16.3. The Bertz CT molecular complexity index is 1410. The number of hydrogen-bond acceptors (Lipinski definition) is 6. The maximum Gasteiger partial charge on any atom is 0.130 e. The van der Waals surface area contributed by atoms with Crippen LogP contribution in [0.5, 0.6) is 0 Å². The number of ether oxygens (including phenoxy) is 1. The van der Waals surface area contributed by atoms with E-state index in [1.54, 1.807) is 6.20 Å². The van der Waals surface area contributed by atoms with Crippen LogP contribution in [0.2, 0.25) is 0 Å². The van der Waals surface area contributed by atoms with Crippen molar-refractivity contribution in [2.45, 2.75) is 19.5 Å². The van der Waals surface area contributed by atoms with Crippen LogP contribution in [-0.4, -0.2) is 55.5 Å². The van der Waals surface area contributed by atoms with Gasteiger partial charge in [-0.25, -0.2) is 9.97 Å². The van der Waals surface area contributed by atoms with Crippen LogP contribution < -0.4 is 4.90 Å². The Kier molecular flexibility index (Phi) is 5.27. The van der Waals surface area contributed by atoms with Gasteiger partial charge in [0.25, 0.3) is 0 Å². The summed E-state index contributed by atoms with van der Waals surface area (Å²) < 4.78 is 7.87. The van der Waals surface area contributed by atoms with Crippen molar-refractivity contribution in [2.24, 2.45) is 0 Å². The van der Waals surface area contributed by atoms with Gasteiger partial charge < -0.3 is 14.2 Å². The quantitative estimate of drug-likeness (QED) is 0.432. The Morgan fingerprint density at radius 1 is 1.12 bits per heavy atom. The van der Waals surface area contributed by atoms with Crippen molar-refractivity contribution in [1.82, 2.24) is 29.7 Å². The number of H-pyrrole nitrogens is 1. The Balaban J connectivity index is 1.56. The molecule has 4 aromatic heterocycles. The topological polar surface area (TPSA) is 84.8 Å². The van der Waals surface area contributed by atoms with Crippen LogP contribution in [0.15, 0.2) is 73.4 Å². The number of aromatic nitrogens is 6. The van der Waals surface area contributed by atoms with Gasteiger partial charge in [-0.2, -0.15) is 5.10 Å². The highest BCUT2D eigenvalue weighted by molar-refractivity contribution is 6.01. The van der Waals surface area contributed by atoms with Gasteiger partial charge in [0.15, 0.2) is 0 Å². The highest BCUT2D eigenvalue weighted by atomic mass is 16.5. The second-order valence-corrected chi connectivity index (χ2v) is 8.56. The molecule has 5 aromatic rings. The Morgan fingerprint density at radius 2 is 2.03 bits per heavy atom. The number of imidazole rings is 1. The number of aromatic amines is 1. The number of nitrogens with one attached hydrogen (secondary N) is 1. The molecule has 6 rings (SSSR count). The molecule has 1 aliphatic heterocycles. The maximum atomic E-state index is 5.68. The van der Waals surface area contributed by atoms with Crippen molar-refractivity contribution in [1.29, 1.82) is 0 Å². The average Bonchev–Trinajstić information content (AvgIpc) is 3.57. The standard InChI is InChI=1S/C26H25N7O/c1-18-16-34-12-11-33(18)24-13-21(23-14-27-17-32(23)15-19-5-3-2-4-6-19)20-7-9-28-26(25(20)30-24)22-8-10-29-31-22/h2-10,13-14,17-18H,11-12,15-16H2,1H3,(H,29,31)/t18-/m1/s1. The molecular weight excluding hydrogens is 426 g/mol. The molecule has 1 fully saturated rings. The largest absolute Gasteiger partial charge is 0.377 e.